The van der Waals surface area contributed by atoms with Crippen molar-refractivity contribution in [3.8, 4) is 0 Å². The molecule has 0 aliphatic carbocycles. The number of carbonyl (C=O) groups is 2. The SMILES string of the molecule is CCc1ccc(NC(=O)CN(C)CC(=O)Nc2c(C)cccc2C)cc1. The summed E-state index contributed by atoms with van der Waals surface area (Å²) >= 11 is 0. The van der Waals surface area contributed by atoms with E-state index in [1.54, 1.807) is 11.9 Å². The van der Waals surface area contributed by atoms with Crippen molar-refractivity contribution in [2.45, 2.75) is 27.2 Å². The minimum absolute atomic E-state index is 0.134. The Hall–Kier alpha value is -2.66. The molecular formula is C21H27N3O2. The molecule has 0 unspecified atom stereocenters. The quantitative estimate of drug-likeness (QED) is 0.802. The van der Waals surface area contributed by atoms with Crippen LogP contribution < -0.4 is 10.6 Å². The van der Waals surface area contributed by atoms with Crippen molar-refractivity contribution >= 4 is 23.2 Å². The predicted octanol–water partition coefficient (Wildman–Crippen LogP) is 3.37. The van der Waals surface area contributed by atoms with Crippen LogP contribution in [0.15, 0.2) is 42.5 Å². The fourth-order valence-corrected chi connectivity index (χ4v) is 2.76. The van der Waals surface area contributed by atoms with Crippen LogP contribution in [0.1, 0.15) is 23.6 Å². The van der Waals surface area contributed by atoms with Gasteiger partial charge in [-0.1, -0.05) is 37.3 Å². The standard InChI is InChI=1S/C21H27N3O2/c1-5-17-9-11-18(12-10-17)22-19(25)13-24(4)14-20(26)23-21-15(2)7-6-8-16(21)3/h6-12H,5,13-14H2,1-4H3,(H,22,25)(H,23,26). The number of aryl methyl sites for hydroxylation is 3. The van der Waals surface area contributed by atoms with Crippen LogP contribution in [0.2, 0.25) is 0 Å². The second-order valence-electron chi connectivity index (χ2n) is 6.59. The summed E-state index contributed by atoms with van der Waals surface area (Å²) in [5.41, 5.74) is 4.87. The molecule has 0 aromatic heterocycles. The summed E-state index contributed by atoms with van der Waals surface area (Å²) in [5, 5.41) is 5.79. The summed E-state index contributed by atoms with van der Waals surface area (Å²) < 4.78 is 0. The fraction of sp³-hybridized carbons (Fsp3) is 0.333. The summed E-state index contributed by atoms with van der Waals surface area (Å²) in [6.07, 6.45) is 0.965. The normalized spacial score (nSPS) is 10.7. The largest absolute Gasteiger partial charge is 0.325 e. The van der Waals surface area contributed by atoms with Gasteiger partial charge in [-0.15, -0.1) is 0 Å². The van der Waals surface area contributed by atoms with Gasteiger partial charge in [-0.25, -0.2) is 0 Å². The first kappa shape index (κ1) is 19.7. The molecule has 0 spiro atoms. The lowest BCUT2D eigenvalue weighted by molar-refractivity contribution is -0.119. The molecule has 5 heteroatoms. The highest BCUT2D eigenvalue weighted by molar-refractivity contribution is 5.95. The molecule has 0 saturated heterocycles. The number of benzene rings is 2. The molecule has 0 bridgehead atoms. The first-order valence-electron chi connectivity index (χ1n) is 8.82. The van der Waals surface area contributed by atoms with E-state index in [2.05, 4.69) is 17.6 Å². The van der Waals surface area contributed by atoms with E-state index >= 15 is 0 Å². The second-order valence-corrected chi connectivity index (χ2v) is 6.59. The molecule has 2 rings (SSSR count). The number of nitrogens with zero attached hydrogens (tertiary/aromatic N) is 1. The van der Waals surface area contributed by atoms with Crippen LogP contribution in [0.5, 0.6) is 0 Å². The number of para-hydroxylation sites is 1. The second kappa shape index (κ2) is 9.15. The molecular weight excluding hydrogens is 326 g/mol. The number of nitrogens with one attached hydrogen (secondary N) is 2. The molecule has 2 N–H and O–H groups in total. The summed E-state index contributed by atoms with van der Waals surface area (Å²) in [6, 6.07) is 13.7. The number of carbonyl (C=O) groups excluding carboxylic acids is 2. The van der Waals surface area contributed by atoms with Gasteiger partial charge in [0.1, 0.15) is 0 Å². The van der Waals surface area contributed by atoms with Gasteiger partial charge >= 0.3 is 0 Å². The number of anilines is 2. The minimum Gasteiger partial charge on any atom is -0.325 e. The number of likely N-dealkylation sites (N-methyl/N-ethyl adjacent to an activating group) is 1. The van der Waals surface area contributed by atoms with Crippen molar-refractivity contribution in [2.75, 3.05) is 30.8 Å². The van der Waals surface area contributed by atoms with E-state index in [0.29, 0.717) is 0 Å². The van der Waals surface area contributed by atoms with E-state index in [9.17, 15) is 9.59 Å². The molecule has 2 aromatic carbocycles. The molecule has 26 heavy (non-hydrogen) atoms. The third kappa shape index (κ3) is 5.70. The molecule has 0 fully saturated rings. The fourth-order valence-electron chi connectivity index (χ4n) is 2.76. The van der Waals surface area contributed by atoms with Gasteiger partial charge in [-0.2, -0.15) is 0 Å². The van der Waals surface area contributed by atoms with E-state index in [4.69, 9.17) is 0 Å². The van der Waals surface area contributed by atoms with Crippen LogP contribution in [0.25, 0.3) is 0 Å². The van der Waals surface area contributed by atoms with Gasteiger partial charge in [0.15, 0.2) is 0 Å². The van der Waals surface area contributed by atoms with Crippen molar-refractivity contribution in [1.82, 2.24) is 4.90 Å². The van der Waals surface area contributed by atoms with Crippen LogP contribution >= 0.6 is 0 Å². The third-order valence-electron chi connectivity index (χ3n) is 4.22. The van der Waals surface area contributed by atoms with Gasteiger partial charge in [-0.05, 0) is 56.1 Å². The smallest absolute Gasteiger partial charge is 0.238 e. The van der Waals surface area contributed by atoms with Crippen molar-refractivity contribution in [3.63, 3.8) is 0 Å². The van der Waals surface area contributed by atoms with E-state index in [0.717, 1.165) is 28.9 Å². The maximum Gasteiger partial charge on any atom is 0.238 e. The summed E-state index contributed by atoms with van der Waals surface area (Å²) in [4.78, 5) is 26.1. The lowest BCUT2D eigenvalue weighted by Gasteiger charge is -2.17. The zero-order chi connectivity index (χ0) is 19.1. The predicted molar refractivity (Wildman–Crippen MR) is 106 cm³/mol. The zero-order valence-electron chi connectivity index (χ0n) is 15.9. The van der Waals surface area contributed by atoms with Crippen LogP contribution in [0.4, 0.5) is 11.4 Å². The molecule has 138 valence electrons. The molecule has 0 saturated carbocycles. The summed E-state index contributed by atoms with van der Waals surface area (Å²) in [7, 11) is 1.75. The molecule has 0 atom stereocenters. The Kier molecular flexibility index (Phi) is 6.92. The molecule has 2 aromatic rings. The van der Waals surface area contributed by atoms with Crippen molar-refractivity contribution < 1.29 is 9.59 Å². The van der Waals surface area contributed by atoms with Crippen LogP contribution in [0.3, 0.4) is 0 Å². The molecule has 0 heterocycles. The Bertz CT molecular complexity index is 749. The van der Waals surface area contributed by atoms with Gasteiger partial charge < -0.3 is 10.6 Å². The lowest BCUT2D eigenvalue weighted by Crippen LogP contribution is -2.36. The lowest BCUT2D eigenvalue weighted by atomic mass is 10.1. The Morgan fingerprint density at radius 3 is 1.96 bits per heavy atom. The summed E-state index contributed by atoms with van der Waals surface area (Å²) in [5.74, 6) is -0.276. The maximum absolute atomic E-state index is 12.3. The Labute approximate surface area is 155 Å². The highest BCUT2D eigenvalue weighted by atomic mass is 16.2. The Morgan fingerprint density at radius 2 is 1.42 bits per heavy atom. The van der Waals surface area contributed by atoms with Gasteiger partial charge in [0.2, 0.25) is 11.8 Å². The molecule has 5 nitrogen and oxygen atoms in total. The number of amides is 2. The number of hydrogen-bond donors (Lipinski definition) is 2. The summed E-state index contributed by atoms with van der Waals surface area (Å²) in [6.45, 7) is 6.31. The van der Waals surface area contributed by atoms with Gasteiger partial charge in [0.25, 0.3) is 0 Å². The van der Waals surface area contributed by atoms with E-state index in [1.165, 1.54) is 5.56 Å². The van der Waals surface area contributed by atoms with E-state index < -0.39 is 0 Å². The van der Waals surface area contributed by atoms with Gasteiger partial charge in [-0.3, -0.25) is 14.5 Å². The third-order valence-corrected chi connectivity index (χ3v) is 4.22. The van der Waals surface area contributed by atoms with Crippen LogP contribution in [-0.4, -0.2) is 36.9 Å². The molecule has 0 aliphatic heterocycles. The highest BCUT2D eigenvalue weighted by Crippen LogP contribution is 2.19. The topological polar surface area (TPSA) is 61.4 Å². The number of hydrogen-bond acceptors (Lipinski definition) is 3. The van der Waals surface area contributed by atoms with Crippen molar-refractivity contribution in [3.05, 3.63) is 59.2 Å². The molecule has 0 radical (unpaired) electrons. The number of rotatable bonds is 7. The van der Waals surface area contributed by atoms with E-state index in [1.807, 2.05) is 56.3 Å². The Morgan fingerprint density at radius 1 is 0.885 bits per heavy atom. The zero-order valence-corrected chi connectivity index (χ0v) is 15.9. The maximum atomic E-state index is 12.3. The van der Waals surface area contributed by atoms with Crippen LogP contribution in [0, 0.1) is 13.8 Å². The highest BCUT2D eigenvalue weighted by Gasteiger charge is 2.13. The average molecular weight is 353 g/mol. The van der Waals surface area contributed by atoms with Crippen molar-refractivity contribution in [1.29, 1.82) is 0 Å². The van der Waals surface area contributed by atoms with Gasteiger partial charge in [0, 0.05) is 11.4 Å². The van der Waals surface area contributed by atoms with Crippen LogP contribution in [-0.2, 0) is 16.0 Å². The Balaban J connectivity index is 1.84. The molecule has 0 aliphatic rings. The van der Waals surface area contributed by atoms with E-state index in [-0.39, 0.29) is 24.9 Å². The molecule has 2 amide bonds. The van der Waals surface area contributed by atoms with Crippen molar-refractivity contribution in [2.24, 2.45) is 0 Å². The average Bonchev–Trinajstić information content (AvgIpc) is 2.58. The van der Waals surface area contributed by atoms with Gasteiger partial charge in [0.05, 0.1) is 13.1 Å². The first-order valence-corrected chi connectivity index (χ1v) is 8.82. The monoisotopic (exact) mass is 353 g/mol. The first-order chi connectivity index (χ1) is 12.4. The minimum atomic E-state index is -0.142.